The Bertz CT molecular complexity index is 1180. The summed E-state index contributed by atoms with van der Waals surface area (Å²) in [4.78, 5) is 12.8. The Morgan fingerprint density at radius 2 is 1.93 bits per heavy atom. The van der Waals surface area contributed by atoms with Crippen LogP contribution in [0.25, 0.3) is 10.9 Å². The predicted octanol–water partition coefficient (Wildman–Crippen LogP) is 5.24. The van der Waals surface area contributed by atoms with Crippen LogP contribution in [0.1, 0.15) is 34.5 Å². The number of aromatic nitrogens is 2. The second kappa shape index (κ2) is 8.59. The normalized spacial score (nSPS) is 12.0. The van der Waals surface area contributed by atoms with Gasteiger partial charge >= 0.3 is 0 Å². The maximum Gasteiger partial charge on any atom is 0.251 e. The van der Waals surface area contributed by atoms with Crippen LogP contribution >= 0.6 is 11.6 Å². The molecule has 0 aliphatic rings. The Balaban J connectivity index is 1.54. The lowest BCUT2D eigenvalue weighted by atomic mass is 10.1. The topological polar surface area (TPSA) is 56.1 Å². The van der Waals surface area contributed by atoms with Gasteiger partial charge < -0.3 is 10.1 Å². The van der Waals surface area contributed by atoms with Gasteiger partial charge in [0.25, 0.3) is 5.91 Å². The first-order valence-electron chi connectivity index (χ1n) is 9.68. The van der Waals surface area contributed by atoms with Crippen molar-refractivity contribution in [1.82, 2.24) is 15.1 Å². The first-order valence-corrected chi connectivity index (χ1v) is 10.1. The van der Waals surface area contributed by atoms with Gasteiger partial charge in [-0.2, -0.15) is 5.10 Å². The van der Waals surface area contributed by atoms with Gasteiger partial charge in [0, 0.05) is 16.0 Å². The minimum Gasteiger partial charge on any atom is -0.497 e. The summed E-state index contributed by atoms with van der Waals surface area (Å²) in [6.07, 6.45) is 1.81. The number of nitrogens with zero attached hydrogens (tertiary/aromatic N) is 2. The smallest absolute Gasteiger partial charge is 0.251 e. The van der Waals surface area contributed by atoms with Crippen LogP contribution in [0, 0.1) is 0 Å². The molecule has 4 aromatic rings. The van der Waals surface area contributed by atoms with E-state index in [0.29, 0.717) is 17.1 Å². The van der Waals surface area contributed by atoms with Gasteiger partial charge in [0.1, 0.15) is 5.75 Å². The fourth-order valence-corrected chi connectivity index (χ4v) is 3.61. The van der Waals surface area contributed by atoms with Crippen LogP contribution in [0.2, 0.25) is 5.02 Å². The zero-order valence-electron chi connectivity index (χ0n) is 16.8. The molecule has 0 saturated heterocycles. The molecule has 0 spiro atoms. The van der Waals surface area contributed by atoms with E-state index >= 15 is 0 Å². The number of hydrogen-bond acceptors (Lipinski definition) is 3. The number of hydrogen-bond donors (Lipinski definition) is 1. The molecule has 152 valence electrons. The number of carbonyl (C=O) groups is 1. The predicted molar refractivity (Wildman–Crippen MR) is 119 cm³/mol. The molecule has 1 aromatic heterocycles. The number of nitrogens with one attached hydrogen (secondary N) is 1. The van der Waals surface area contributed by atoms with Gasteiger partial charge in [-0.3, -0.25) is 9.48 Å². The molecule has 5 nitrogen and oxygen atoms in total. The van der Waals surface area contributed by atoms with Crippen molar-refractivity contribution < 1.29 is 9.53 Å². The van der Waals surface area contributed by atoms with Crippen molar-refractivity contribution >= 4 is 28.4 Å². The number of halogens is 1. The molecule has 1 N–H and O–H groups in total. The number of methoxy groups -OCH3 is 1. The Morgan fingerprint density at radius 1 is 1.13 bits per heavy atom. The molecule has 0 saturated carbocycles. The molecule has 0 unspecified atom stereocenters. The molecular formula is C24H22ClN3O2. The zero-order chi connectivity index (χ0) is 21.1. The SMILES string of the molecule is COc1ccc([C@H](C)NC(=O)c2ccc3cnn(Cc4cccc(Cl)c4)c3c2)cc1. The molecule has 1 atom stereocenters. The molecule has 6 heteroatoms. The van der Waals surface area contributed by atoms with E-state index in [1.165, 1.54) is 0 Å². The highest BCUT2D eigenvalue weighted by Gasteiger charge is 2.14. The molecule has 0 bridgehead atoms. The maximum absolute atomic E-state index is 12.8. The summed E-state index contributed by atoms with van der Waals surface area (Å²) in [7, 11) is 1.63. The van der Waals surface area contributed by atoms with Crippen LogP contribution in [-0.4, -0.2) is 22.8 Å². The first-order chi connectivity index (χ1) is 14.5. The third kappa shape index (κ3) is 4.31. The largest absolute Gasteiger partial charge is 0.497 e. The van der Waals surface area contributed by atoms with Crippen molar-refractivity contribution in [2.24, 2.45) is 0 Å². The van der Waals surface area contributed by atoms with E-state index in [1.807, 2.05) is 84.5 Å². The lowest BCUT2D eigenvalue weighted by Crippen LogP contribution is -2.26. The fourth-order valence-electron chi connectivity index (χ4n) is 3.40. The molecule has 3 aromatic carbocycles. The van der Waals surface area contributed by atoms with Gasteiger partial charge in [-0.15, -0.1) is 0 Å². The summed E-state index contributed by atoms with van der Waals surface area (Å²) in [5.41, 5.74) is 3.56. The second-order valence-corrected chi connectivity index (χ2v) is 7.61. The molecular weight excluding hydrogens is 398 g/mol. The van der Waals surface area contributed by atoms with E-state index in [4.69, 9.17) is 16.3 Å². The number of amides is 1. The van der Waals surface area contributed by atoms with E-state index in [-0.39, 0.29) is 11.9 Å². The lowest BCUT2D eigenvalue weighted by Gasteiger charge is -2.15. The van der Waals surface area contributed by atoms with E-state index in [0.717, 1.165) is 27.8 Å². The second-order valence-electron chi connectivity index (χ2n) is 7.17. The highest BCUT2D eigenvalue weighted by atomic mass is 35.5. The average Bonchev–Trinajstić information content (AvgIpc) is 3.15. The summed E-state index contributed by atoms with van der Waals surface area (Å²) in [6, 6.07) is 20.9. The van der Waals surface area contributed by atoms with Crippen molar-refractivity contribution in [2.75, 3.05) is 7.11 Å². The van der Waals surface area contributed by atoms with Crippen molar-refractivity contribution in [3.63, 3.8) is 0 Å². The molecule has 0 aliphatic carbocycles. The molecule has 30 heavy (non-hydrogen) atoms. The standard InChI is InChI=1S/C24H22ClN3O2/c1-16(18-8-10-22(30-2)11-9-18)27-24(29)19-6-7-20-14-26-28(23(20)13-19)15-17-4-3-5-21(25)12-17/h3-14,16H,15H2,1-2H3,(H,27,29)/t16-/m0/s1. The van der Waals surface area contributed by atoms with Crippen LogP contribution in [0.3, 0.4) is 0 Å². The van der Waals surface area contributed by atoms with Gasteiger partial charge in [-0.05, 0) is 54.4 Å². The average molecular weight is 420 g/mol. The van der Waals surface area contributed by atoms with Gasteiger partial charge in [0.2, 0.25) is 0 Å². The molecule has 1 heterocycles. The Labute approximate surface area is 180 Å². The first kappa shape index (κ1) is 20.0. The van der Waals surface area contributed by atoms with E-state index in [1.54, 1.807) is 7.11 Å². The summed E-state index contributed by atoms with van der Waals surface area (Å²) in [6.45, 7) is 2.54. The number of fused-ring (bicyclic) bond motifs is 1. The lowest BCUT2D eigenvalue weighted by molar-refractivity contribution is 0.0940. The van der Waals surface area contributed by atoms with Crippen molar-refractivity contribution in [3.05, 3.63) is 94.6 Å². The fraction of sp³-hybridized carbons (Fsp3) is 0.167. The molecule has 0 radical (unpaired) electrons. The number of ether oxygens (including phenoxy) is 1. The van der Waals surface area contributed by atoms with Crippen molar-refractivity contribution in [1.29, 1.82) is 0 Å². The van der Waals surface area contributed by atoms with Crippen molar-refractivity contribution in [3.8, 4) is 5.75 Å². The Kier molecular flexibility index (Phi) is 5.72. The third-order valence-corrected chi connectivity index (χ3v) is 5.33. The number of rotatable bonds is 6. The van der Waals surface area contributed by atoms with Crippen LogP contribution in [0.5, 0.6) is 5.75 Å². The van der Waals surface area contributed by atoms with Crippen LogP contribution in [0.15, 0.2) is 72.9 Å². The van der Waals surface area contributed by atoms with E-state index in [2.05, 4.69) is 10.4 Å². The molecule has 0 fully saturated rings. The third-order valence-electron chi connectivity index (χ3n) is 5.09. The summed E-state index contributed by atoms with van der Waals surface area (Å²) >= 11 is 6.10. The van der Waals surface area contributed by atoms with Gasteiger partial charge in [-0.25, -0.2) is 0 Å². The van der Waals surface area contributed by atoms with Crippen molar-refractivity contribution in [2.45, 2.75) is 19.5 Å². The molecule has 1 amide bonds. The molecule has 0 aliphatic heterocycles. The Hall–Kier alpha value is -3.31. The summed E-state index contributed by atoms with van der Waals surface area (Å²) < 4.78 is 7.07. The van der Waals surface area contributed by atoms with E-state index in [9.17, 15) is 4.79 Å². The Morgan fingerprint density at radius 3 is 2.67 bits per heavy atom. The number of carbonyl (C=O) groups excluding carboxylic acids is 1. The highest BCUT2D eigenvalue weighted by Crippen LogP contribution is 2.21. The zero-order valence-corrected chi connectivity index (χ0v) is 17.6. The van der Waals surface area contributed by atoms with Crippen LogP contribution in [-0.2, 0) is 6.54 Å². The minimum atomic E-state index is -0.129. The maximum atomic E-state index is 12.8. The quantitative estimate of drug-likeness (QED) is 0.465. The van der Waals surface area contributed by atoms with Gasteiger partial charge in [-0.1, -0.05) is 41.9 Å². The summed E-state index contributed by atoms with van der Waals surface area (Å²) in [5.74, 6) is 0.659. The van der Waals surface area contributed by atoms with Gasteiger partial charge in [0.15, 0.2) is 0 Å². The highest BCUT2D eigenvalue weighted by molar-refractivity contribution is 6.30. The number of benzene rings is 3. The van der Waals surface area contributed by atoms with Crippen LogP contribution < -0.4 is 10.1 Å². The van der Waals surface area contributed by atoms with Crippen LogP contribution in [0.4, 0.5) is 0 Å². The monoisotopic (exact) mass is 419 g/mol. The summed E-state index contributed by atoms with van der Waals surface area (Å²) in [5, 5.41) is 9.21. The molecule has 4 rings (SSSR count). The van der Waals surface area contributed by atoms with E-state index < -0.39 is 0 Å². The van der Waals surface area contributed by atoms with Gasteiger partial charge in [0.05, 0.1) is 31.4 Å². The minimum absolute atomic E-state index is 0.129.